The Morgan fingerprint density at radius 3 is 2.78 bits per heavy atom. The molecule has 50 valence electrons. The summed E-state index contributed by atoms with van der Waals surface area (Å²) in [5, 5.41) is 0. The van der Waals surface area contributed by atoms with Gasteiger partial charge in [-0.2, -0.15) is 0 Å². The van der Waals surface area contributed by atoms with E-state index in [0.717, 1.165) is 13.2 Å². The molecule has 2 rings (SSSR count). The molecule has 1 aliphatic heterocycles. The minimum Gasteiger partial charge on any atom is -0.373 e. The largest absolute Gasteiger partial charge is 0.373 e. The molecule has 9 heavy (non-hydrogen) atoms. The molecule has 2 aliphatic rings. The first-order valence-electron chi connectivity index (χ1n) is 3.44. The van der Waals surface area contributed by atoms with E-state index in [-0.39, 0.29) is 5.54 Å². The molecule has 1 fully saturated rings. The van der Waals surface area contributed by atoms with E-state index in [1.54, 1.807) is 0 Å². The van der Waals surface area contributed by atoms with Crippen molar-refractivity contribution in [3.05, 3.63) is 0 Å². The zero-order chi connectivity index (χ0) is 6.32. The van der Waals surface area contributed by atoms with Gasteiger partial charge in [-0.25, -0.2) is 0 Å². The second-order valence-corrected chi connectivity index (χ2v) is 3.06. The molecule has 0 aromatic heterocycles. The molecule has 2 nitrogen and oxygen atoms in total. The lowest BCUT2D eigenvalue weighted by Gasteiger charge is -2.17. The molecule has 1 spiro atoms. The van der Waals surface area contributed by atoms with E-state index in [1.807, 2.05) is 6.92 Å². The van der Waals surface area contributed by atoms with Crippen molar-refractivity contribution in [3.8, 4) is 0 Å². The third kappa shape index (κ3) is 0.874. The third-order valence-corrected chi connectivity index (χ3v) is 1.94. The van der Waals surface area contributed by atoms with E-state index >= 15 is 0 Å². The van der Waals surface area contributed by atoms with Gasteiger partial charge in [0.15, 0.2) is 0 Å². The van der Waals surface area contributed by atoms with Crippen LogP contribution >= 0.6 is 0 Å². The molecular formula is C7H11NO. The molecule has 0 amide bonds. The number of hydrogen-bond donors (Lipinski definition) is 0. The van der Waals surface area contributed by atoms with E-state index in [0.29, 0.717) is 0 Å². The Morgan fingerprint density at radius 2 is 2.33 bits per heavy atom. The fourth-order valence-corrected chi connectivity index (χ4v) is 1.26. The second kappa shape index (κ2) is 1.57. The number of ether oxygens (including phenoxy) is 1. The summed E-state index contributed by atoms with van der Waals surface area (Å²) in [7, 11) is 0. The molecule has 0 aromatic rings. The SMILES string of the molecule is CC1=NC2(CC2)COC1. The maximum Gasteiger partial charge on any atom is 0.0842 e. The Morgan fingerprint density at radius 1 is 1.56 bits per heavy atom. The van der Waals surface area contributed by atoms with E-state index in [4.69, 9.17) is 4.74 Å². The number of aliphatic imine (C=N–C) groups is 1. The Bertz CT molecular complexity index is 158. The molecule has 1 heterocycles. The Hall–Kier alpha value is -0.370. The summed E-state index contributed by atoms with van der Waals surface area (Å²) < 4.78 is 5.33. The van der Waals surface area contributed by atoms with Crippen molar-refractivity contribution >= 4 is 5.71 Å². The molecule has 0 radical (unpaired) electrons. The van der Waals surface area contributed by atoms with Crippen LogP contribution in [0.3, 0.4) is 0 Å². The van der Waals surface area contributed by atoms with Crippen LogP contribution in [-0.4, -0.2) is 24.5 Å². The van der Waals surface area contributed by atoms with Gasteiger partial charge < -0.3 is 4.74 Å². The van der Waals surface area contributed by atoms with Gasteiger partial charge in [-0.15, -0.1) is 0 Å². The summed E-state index contributed by atoms with van der Waals surface area (Å²) in [6.45, 7) is 3.66. The van der Waals surface area contributed by atoms with Crippen LogP contribution in [0.2, 0.25) is 0 Å². The molecule has 0 unspecified atom stereocenters. The maximum absolute atomic E-state index is 5.33. The van der Waals surface area contributed by atoms with E-state index in [2.05, 4.69) is 4.99 Å². The van der Waals surface area contributed by atoms with Crippen molar-refractivity contribution < 1.29 is 4.74 Å². The fraction of sp³-hybridized carbons (Fsp3) is 0.857. The minimum atomic E-state index is 0.266. The summed E-state index contributed by atoms with van der Waals surface area (Å²) in [4.78, 5) is 4.52. The first-order chi connectivity index (χ1) is 4.31. The van der Waals surface area contributed by atoms with Gasteiger partial charge in [0.1, 0.15) is 0 Å². The quantitative estimate of drug-likeness (QED) is 0.473. The van der Waals surface area contributed by atoms with Gasteiger partial charge in [-0.05, 0) is 19.8 Å². The first-order valence-corrected chi connectivity index (χ1v) is 3.44. The monoisotopic (exact) mass is 125 g/mol. The molecule has 0 aromatic carbocycles. The standard InChI is InChI=1S/C7H11NO/c1-6-4-9-5-7(8-6)2-3-7/h2-5H2,1H3. The minimum absolute atomic E-state index is 0.266. The molecule has 1 aliphatic carbocycles. The van der Waals surface area contributed by atoms with Gasteiger partial charge >= 0.3 is 0 Å². The van der Waals surface area contributed by atoms with Crippen LogP contribution in [0.1, 0.15) is 19.8 Å². The predicted molar refractivity (Wildman–Crippen MR) is 35.9 cm³/mol. The van der Waals surface area contributed by atoms with Crippen LogP contribution in [0.25, 0.3) is 0 Å². The molecule has 1 saturated carbocycles. The van der Waals surface area contributed by atoms with Gasteiger partial charge in [-0.1, -0.05) is 0 Å². The third-order valence-electron chi connectivity index (χ3n) is 1.94. The summed E-state index contributed by atoms with van der Waals surface area (Å²) in [6.07, 6.45) is 2.48. The molecule has 0 atom stereocenters. The summed E-state index contributed by atoms with van der Waals surface area (Å²) in [5.41, 5.74) is 1.43. The summed E-state index contributed by atoms with van der Waals surface area (Å²) >= 11 is 0. The van der Waals surface area contributed by atoms with Crippen molar-refractivity contribution in [1.82, 2.24) is 0 Å². The molecular weight excluding hydrogens is 114 g/mol. The number of rotatable bonds is 0. The lowest BCUT2D eigenvalue weighted by molar-refractivity contribution is 0.136. The van der Waals surface area contributed by atoms with Gasteiger partial charge in [0.05, 0.1) is 18.8 Å². The second-order valence-electron chi connectivity index (χ2n) is 3.06. The van der Waals surface area contributed by atoms with Crippen LogP contribution in [0.4, 0.5) is 0 Å². The molecule has 0 saturated heterocycles. The molecule has 0 bridgehead atoms. The highest BCUT2D eigenvalue weighted by atomic mass is 16.5. The van der Waals surface area contributed by atoms with Crippen molar-refractivity contribution in [2.75, 3.05) is 13.2 Å². The van der Waals surface area contributed by atoms with Crippen LogP contribution in [0, 0.1) is 0 Å². The van der Waals surface area contributed by atoms with Crippen molar-refractivity contribution in [2.24, 2.45) is 4.99 Å². The summed E-state index contributed by atoms with van der Waals surface area (Å²) in [6, 6.07) is 0. The Kier molecular flexibility index (Phi) is 0.943. The highest BCUT2D eigenvalue weighted by molar-refractivity contribution is 5.84. The average Bonchev–Trinajstić information content (AvgIpc) is 2.49. The topological polar surface area (TPSA) is 21.6 Å². The van der Waals surface area contributed by atoms with E-state index in [1.165, 1.54) is 18.6 Å². The lowest BCUT2D eigenvalue weighted by Crippen LogP contribution is -2.25. The van der Waals surface area contributed by atoms with Crippen LogP contribution in [0.15, 0.2) is 4.99 Å². The van der Waals surface area contributed by atoms with E-state index in [9.17, 15) is 0 Å². The van der Waals surface area contributed by atoms with Crippen molar-refractivity contribution in [1.29, 1.82) is 0 Å². The maximum atomic E-state index is 5.33. The highest BCUT2D eigenvalue weighted by Gasteiger charge is 2.44. The van der Waals surface area contributed by atoms with Crippen molar-refractivity contribution in [3.63, 3.8) is 0 Å². The molecule has 0 N–H and O–H groups in total. The van der Waals surface area contributed by atoms with Crippen LogP contribution < -0.4 is 0 Å². The zero-order valence-electron chi connectivity index (χ0n) is 5.68. The van der Waals surface area contributed by atoms with E-state index < -0.39 is 0 Å². The zero-order valence-corrected chi connectivity index (χ0v) is 5.68. The number of hydrogen-bond acceptors (Lipinski definition) is 2. The van der Waals surface area contributed by atoms with Crippen LogP contribution in [0.5, 0.6) is 0 Å². The van der Waals surface area contributed by atoms with Crippen molar-refractivity contribution in [2.45, 2.75) is 25.3 Å². The first kappa shape index (κ1) is 5.42. The van der Waals surface area contributed by atoms with Gasteiger partial charge in [-0.3, -0.25) is 4.99 Å². The van der Waals surface area contributed by atoms with Gasteiger partial charge in [0, 0.05) is 5.71 Å². The lowest BCUT2D eigenvalue weighted by atomic mass is 10.2. The highest BCUT2D eigenvalue weighted by Crippen LogP contribution is 2.41. The molecule has 2 heteroatoms. The summed E-state index contributed by atoms with van der Waals surface area (Å²) in [5.74, 6) is 0. The van der Waals surface area contributed by atoms with Crippen LogP contribution in [-0.2, 0) is 4.74 Å². The average molecular weight is 125 g/mol. The Labute approximate surface area is 54.9 Å². The predicted octanol–water partition coefficient (Wildman–Crippen LogP) is 1.01. The fourth-order valence-electron chi connectivity index (χ4n) is 1.26. The van der Waals surface area contributed by atoms with Gasteiger partial charge in [0.25, 0.3) is 0 Å². The normalized spacial score (nSPS) is 30.1. The van der Waals surface area contributed by atoms with Gasteiger partial charge in [0.2, 0.25) is 0 Å². The Balaban J connectivity index is 2.18. The smallest absolute Gasteiger partial charge is 0.0842 e. The number of nitrogens with zero attached hydrogens (tertiary/aromatic N) is 1.